The molecule has 0 aliphatic carbocycles. The van der Waals surface area contributed by atoms with Gasteiger partial charge in [-0.25, -0.2) is 23.7 Å². The molecule has 0 amide bonds. The zero-order valence-electron chi connectivity index (χ0n) is 12.9. The van der Waals surface area contributed by atoms with Gasteiger partial charge >= 0.3 is 0 Å². The van der Waals surface area contributed by atoms with Crippen LogP contribution in [0.15, 0.2) is 67.1 Å². The number of nitrogens with zero attached hydrogens (tertiary/aromatic N) is 3. The zero-order valence-corrected chi connectivity index (χ0v) is 12.9. The molecule has 2 aromatic carbocycles. The van der Waals surface area contributed by atoms with Crippen LogP contribution in [-0.2, 0) is 0 Å². The second kappa shape index (κ2) is 6.24. The number of rotatable bonds is 3. The van der Waals surface area contributed by atoms with Crippen LogP contribution >= 0.6 is 0 Å². The monoisotopic (exact) mass is 334 g/mol. The molecule has 0 unspecified atom stereocenters. The molecule has 0 saturated heterocycles. The van der Waals surface area contributed by atoms with Crippen molar-refractivity contribution in [1.82, 2.24) is 19.9 Å². The molecule has 0 atom stereocenters. The largest absolute Gasteiger partial charge is 0.338 e. The number of nitrogens with one attached hydrogen (secondary N) is 1. The fourth-order valence-electron chi connectivity index (χ4n) is 2.49. The van der Waals surface area contributed by atoms with E-state index in [0.29, 0.717) is 28.5 Å². The highest BCUT2D eigenvalue weighted by molar-refractivity contribution is 5.64. The van der Waals surface area contributed by atoms with Gasteiger partial charge in [0, 0.05) is 29.1 Å². The Balaban J connectivity index is 1.63. The van der Waals surface area contributed by atoms with Gasteiger partial charge in [0.15, 0.2) is 5.82 Å². The van der Waals surface area contributed by atoms with E-state index in [-0.39, 0.29) is 11.6 Å². The van der Waals surface area contributed by atoms with Crippen molar-refractivity contribution in [2.24, 2.45) is 0 Å². The fourth-order valence-corrected chi connectivity index (χ4v) is 2.49. The Morgan fingerprint density at radius 2 is 1.32 bits per heavy atom. The molecule has 1 N–H and O–H groups in total. The van der Waals surface area contributed by atoms with Crippen molar-refractivity contribution in [1.29, 1.82) is 0 Å². The van der Waals surface area contributed by atoms with Crippen molar-refractivity contribution >= 4 is 0 Å². The standard InChI is InChI=1S/C19H12F2N4/c20-15-5-1-3-12(7-15)18-22-9-14(10-23-18)17-11-24-19(25-17)13-4-2-6-16(21)8-13/h1-11H,(H,24,25). The molecule has 4 nitrogen and oxygen atoms in total. The molecule has 0 saturated carbocycles. The summed E-state index contributed by atoms with van der Waals surface area (Å²) in [5, 5.41) is 0. The van der Waals surface area contributed by atoms with Crippen LogP contribution in [0.25, 0.3) is 34.0 Å². The summed E-state index contributed by atoms with van der Waals surface area (Å²) >= 11 is 0. The van der Waals surface area contributed by atoms with Crippen LogP contribution in [0.4, 0.5) is 8.78 Å². The predicted octanol–water partition coefficient (Wildman–Crippen LogP) is 4.48. The van der Waals surface area contributed by atoms with Crippen LogP contribution in [0.3, 0.4) is 0 Å². The molecule has 25 heavy (non-hydrogen) atoms. The molecule has 2 heterocycles. The highest BCUT2D eigenvalue weighted by Crippen LogP contribution is 2.23. The molecule has 0 radical (unpaired) electrons. The van der Waals surface area contributed by atoms with Gasteiger partial charge in [0.05, 0.1) is 11.9 Å². The molecule has 122 valence electrons. The Morgan fingerprint density at radius 1 is 0.680 bits per heavy atom. The minimum Gasteiger partial charge on any atom is -0.338 e. The number of aromatic nitrogens is 4. The van der Waals surface area contributed by atoms with Crippen LogP contribution in [0, 0.1) is 11.6 Å². The van der Waals surface area contributed by atoms with Gasteiger partial charge in [0.2, 0.25) is 0 Å². The van der Waals surface area contributed by atoms with E-state index in [9.17, 15) is 8.78 Å². The van der Waals surface area contributed by atoms with E-state index in [2.05, 4.69) is 19.9 Å². The lowest BCUT2D eigenvalue weighted by Crippen LogP contribution is -1.90. The van der Waals surface area contributed by atoms with Crippen LogP contribution < -0.4 is 0 Å². The number of hydrogen-bond donors (Lipinski definition) is 1. The summed E-state index contributed by atoms with van der Waals surface area (Å²) < 4.78 is 26.6. The maximum absolute atomic E-state index is 13.3. The average molecular weight is 334 g/mol. The highest BCUT2D eigenvalue weighted by atomic mass is 19.1. The Morgan fingerprint density at radius 3 is 2.00 bits per heavy atom. The third-order valence-electron chi connectivity index (χ3n) is 3.72. The van der Waals surface area contributed by atoms with Gasteiger partial charge in [-0.2, -0.15) is 0 Å². The number of aromatic amines is 1. The minimum absolute atomic E-state index is 0.321. The van der Waals surface area contributed by atoms with E-state index in [0.717, 1.165) is 5.56 Å². The van der Waals surface area contributed by atoms with Crippen molar-refractivity contribution < 1.29 is 8.78 Å². The van der Waals surface area contributed by atoms with Gasteiger partial charge in [-0.15, -0.1) is 0 Å². The summed E-state index contributed by atoms with van der Waals surface area (Å²) in [7, 11) is 0. The molecule has 6 heteroatoms. The second-order valence-electron chi connectivity index (χ2n) is 5.46. The molecule has 0 aliphatic heterocycles. The Kier molecular flexibility index (Phi) is 3.78. The van der Waals surface area contributed by atoms with Gasteiger partial charge in [-0.05, 0) is 24.3 Å². The van der Waals surface area contributed by atoms with Crippen molar-refractivity contribution in [2.75, 3.05) is 0 Å². The van der Waals surface area contributed by atoms with Crippen molar-refractivity contribution in [3.8, 4) is 34.0 Å². The Hall–Kier alpha value is -3.41. The third-order valence-corrected chi connectivity index (χ3v) is 3.72. The number of imidazole rings is 1. The lowest BCUT2D eigenvalue weighted by atomic mass is 10.2. The van der Waals surface area contributed by atoms with Gasteiger partial charge < -0.3 is 4.98 Å². The molecule has 4 rings (SSSR count). The molecule has 0 spiro atoms. The van der Waals surface area contributed by atoms with E-state index >= 15 is 0 Å². The highest BCUT2D eigenvalue weighted by Gasteiger charge is 2.08. The summed E-state index contributed by atoms with van der Waals surface area (Å²) in [5.74, 6) is 0.341. The second-order valence-corrected chi connectivity index (χ2v) is 5.46. The Bertz CT molecular complexity index is 1030. The molecule has 0 bridgehead atoms. The maximum atomic E-state index is 13.3. The fraction of sp³-hybridized carbons (Fsp3) is 0. The number of halogens is 2. The van der Waals surface area contributed by atoms with E-state index in [4.69, 9.17) is 0 Å². The summed E-state index contributed by atoms with van der Waals surface area (Å²) in [6.45, 7) is 0. The van der Waals surface area contributed by atoms with Gasteiger partial charge in [0.25, 0.3) is 0 Å². The number of H-pyrrole nitrogens is 1. The topological polar surface area (TPSA) is 54.5 Å². The van der Waals surface area contributed by atoms with Crippen molar-refractivity contribution in [2.45, 2.75) is 0 Å². The maximum Gasteiger partial charge on any atom is 0.159 e. The van der Waals surface area contributed by atoms with Gasteiger partial charge in [-0.1, -0.05) is 24.3 Å². The first-order valence-corrected chi connectivity index (χ1v) is 7.58. The predicted molar refractivity (Wildman–Crippen MR) is 90.4 cm³/mol. The van der Waals surface area contributed by atoms with Crippen molar-refractivity contribution in [3.63, 3.8) is 0 Å². The third kappa shape index (κ3) is 3.14. The Labute approximate surface area is 142 Å². The first-order valence-electron chi connectivity index (χ1n) is 7.58. The average Bonchev–Trinajstić information content (AvgIpc) is 3.12. The lowest BCUT2D eigenvalue weighted by molar-refractivity contribution is 0.628. The molecule has 4 aromatic rings. The van der Waals surface area contributed by atoms with E-state index in [1.54, 1.807) is 42.9 Å². The molecule has 2 aromatic heterocycles. The van der Waals surface area contributed by atoms with Crippen LogP contribution in [0.1, 0.15) is 0 Å². The quantitative estimate of drug-likeness (QED) is 0.601. The van der Waals surface area contributed by atoms with Gasteiger partial charge in [0.1, 0.15) is 17.5 Å². The molecular formula is C19H12F2N4. The summed E-state index contributed by atoms with van der Waals surface area (Å²) in [6.07, 6.45) is 4.91. The lowest BCUT2D eigenvalue weighted by Gasteiger charge is -2.02. The summed E-state index contributed by atoms with van der Waals surface area (Å²) in [5.41, 5.74) is 2.71. The van der Waals surface area contributed by atoms with Crippen LogP contribution in [0.5, 0.6) is 0 Å². The van der Waals surface area contributed by atoms with E-state index in [1.165, 1.54) is 24.3 Å². The first-order chi connectivity index (χ1) is 12.2. The summed E-state index contributed by atoms with van der Waals surface area (Å²) in [4.78, 5) is 15.9. The SMILES string of the molecule is Fc1cccc(-c2ncc(-c3cnc(-c4cccc(F)c4)[nH]3)cn2)c1. The van der Waals surface area contributed by atoms with E-state index < -0.39 is 0 Å². The van der Waals surface area contributed by atoms with Crippen LogP contribution in [-0.4, -0.2) is 19.9 Å². The number of benzene rings is 2. The van der Waals surface area contributed by atoms with Crippen molar-refractivity contribution in [3.05, 3.63) is 78.8 Å². The summed E-state index contributed by atoms with van der Waals surface area (Å²) in [6, 6.07) is 12.3. The first kappa shape index (κ1) is 15.1. The molecule has 0 fully saturated rings. The minimum atomic E-state index is -0.335. The number of hydrogen-bond acceptors (Lipinski definition) is 3. The zero-order chi connectivity index (χ0) is 17.2. The molecular weight excluding hydrogens is 322 g/mol. The molecule has 0 aliphatic rings. The van der Waals surface area contributed by atoms with Crippen LogP contribution in [0.2, 0.25) is 0 Å². The smallest absolute Gasteiger partial charge is 0.159 e. The van der Waals surface area contributed by atoms with Gasteiger partial charge in [-0.3, -0.25) is 0 Å². The normalized spacial score (nSPS) is 10.8. The van der Waals surface area contributed by atoms with E-state index in [1.807, 2.05) is 0 Å².